The van der Waals surface area contributed by atoms with Crippen LogP contribution < -0.4 is 4.72 Å². The third-order valence-corrected chi connectivity index (χ3v) is 7.57. The quantitative estimate of drug-likeness (QED) is 0.576. The van der Waals surface area contributed by atoms with Crippen molar-refractivity contribution in [2.24, 2.45) is 0 Å². The minimum Gasteiger partial charge on any atom is -0.290 e. The number of benzene rings is 2. The summed E-state index contributed by atoms with van der Waals surface area (Å²) in [6, 6.07) is 17.5. The molecule has 0 saturated carbocycles. The maximum Gasteiger partial charge on any atom is 0.215 e. The predicted octanol–water partition coefficient (Wildman–Crippen LogP) is 4.62. The number of hydrogen-bond acceptors (Lipinski definition) is 4. The molecule has 2 aromatic carbocycles. The molecule has 1 aliphatic rings. The van der Waals surface area contributed by atoms with Crippen molar-refractivity contribution in [1.29, 1.82) is 0 Å². The molecule has 0 unspecified atom stereocenters. The van der Waals surface area contributed by atoms with Gasteiger partial charge in [0.25, 0.3) is 0 Å². The fraction of sp³-hybridized carbons (Fsp3) is 0.273. The maximum absolute atomic E-state index is 12.7. The molecule has 0 spiro atoms. The zero-order valence-corrected chi connectivity index (χ0v) is 18.3. The minimum atomic E-state index is -3.45. The van der Waals surface area contributed by atoms with Gasteiger partial charge in [-0.1, -0.05) is 48.0 Å². The van der Waals surface area contributed by atoms with E-state index in [1.165, 1.54) is 11.1 Å². The molecule has 0 saturated heterocycles. The van der Waals surface area contributed by atoms with E-state index in [-0.39, 0.29) is 11.8 Å². The largest absolute Gasteiger partial charge is 0.290 e. The van der Waals surface area contributed by atoms with E-state index in [0.717, 1.165) is 30.6 Å². The van der Waals surface area contributed by atoms with Crippen LogP contribution >= 0.6 is 22.9 Å². The van der Waals surface area contributed by atoms with Gasteiger partial charge in [0.1, 0.15) is 0 Å². The van der Waals surface area contributed by atoms with Gasteiger partial charge in [-0.3, -0.25) is 4.90 Å². The molecule has 0 aliphatic carbocycles. The molecule has 7 heteroatoms. The van der Waals surface area contributed by atoms with Crippen molar-refractivity contribution >= 4 is 33.0 Å². The molecule has 0 radical (unpaired) electrons. The Hall–Kier alpha value is -1.70. The van der Waals surface area contributed by atoms with Crippen molar-refractivity contribution in [2.75, 3.05) is 13.1 Å². The van der Waals surface area contributed by atoms with E-state index in [9.17, 15) is 8.42 Å². The van der Waals surface area contributed by atoms with Crippen molar-refractivity contribution < 1.29 is 8.42 Å². The summed E-state index contributed by atoms with van der Waals surface area (Å²) in [5.74, 6) is -0.0522. The molecule has 1 N–H and O–H groups in total. The van der Waals surface area contributed by atoms with Crippen LogP contribution in [0, 0.1) is 0 Å². The molecule has 29 heavy (non-hydrogen) atoms. The molecule has 2 heterocycles. The van der Waals surface area contributed by atoms with Crippen LogP contribution in [0.3, 0.4) is 0 Å². The summed E-state index contributed by atoms with van der Waals surface area (Å²) in [6.45, 7) is 2.10. The number of hydrogen-bond donors (Lipinski definition) is 1. The monoisotopic (exact) mass is 446 g/mol. The zero-order chi connectivity index (χ0) is 20.3. The van der Waals surface area contributed by atoms with Gasteiger partial charge < -0.3 is 0 Å². The topological polar surface area (TPSA) is 49.4 Å². The molecule has 0 bridgehead atoms. The highest BCUT2D eigenvalue weighted by Crippen LogP contribution is 2.29. The molecule has 1 aliphatic heterocycles. The third kappa shape index (κ3) is 5.27. The van der Waals surface area contributed by atoms with Gasteiger partial charge in [0.2, 0.25) is 10.0 Å². The Morgan fingerprint density at radius 1 is 1.07 bits per heavy atom. The van der Waals surface area contributed by atoms with Gasteiger partial charge in [0.15, 0.2) is 0 Å². The zero-order valence-electron chi connectivity index (χ0n) is 15.9. The molecular formula is C22H23ClN2O2S2. The third-order valence-electron chi connectivity index (χ3n) is 5.30. The number of sulfonamides is 1. The molecule has 1 atom stereocenters. The Morgan fingerprint density at radius 3 is 2.55 bits per heavy atom. The second-order valence-electron chi connectivity index (χ2n) is 7.30. The van der Waals surface area contributed by atoms with Crippen LogP contribution in [0.1, 0.15) is 28.3 Å². The number of thiophene rings is 1. The van der Waals surface area contributed by atoms with Crippen molar-refractivity contribution in [2.45, 2.75) is 24.8 Å². The van der Waals surface area contributed by atoms with Crippen LogP contribution in [0.5, 0.6) is 0 Å². The number of rotatable bonds is 7. The average molecular weight is 447 g/mol. The standard InChI is InChI=1S/C22H23ClN2O2S2/c23-21-7-5-17(6-8-21)16-29(26,27)24-13-22(20-10-12-28-15-20)25-11-9-18-3-1-2-4-19(18)14-25/h1-8,10,12,15,22,24H,9,11,13-14,16H2/t22-/m0/s1. The molecule has 4 nitrogen and oxygen atoms in total. The summed E-state index contributed by atoms with van der Waals surface area (Å²) in [7, 11) is -3.45. The van der Waals surface area contributed by atoms with Gasteiger partial charge >= 0.3 is 0 Å². The van der Waals surface area contributed by atoms with E-state index < -0.39 is 10.0 Å². The fourth-order valence-electron chi connectivity index (χ4n) is 3.76. The highest BCUT2D eigenvalue weighted by molar-refractivity contribution is 7.88. The Labute approximate surface area is 181 Å². The van der Waals surface area contributed by atoms with E-state index in [1.807, 2.05) is 5.38 Å². The number of nitrogens with zero attached hydrogens (tertiary/aromatic N) is 1. The lowest BCUT2D eigenvalue weighted by Gasteiger charge is -2.35. The van der Waals surface area contributed by atoms with Crippen LogP contribution in [-0.4, -0.2) is 26.4 Å². The Morgan fingerprint density at radius 2 is 1.83 bits per heavy atom. The van der Waals surface area contributed by atoms with Crippen molar-refractivity contribution in [3.8, 4) is 0 Å². The van der Waals surface area contributed by atoms with E-state index in [0.29, 0.717) is 11.6 Å². The number of nitrogens with one attached hydrogen (secondary N) is 1. The van der Waals surface area contributed by atoms with Crippen molar-refractivity contribution in [1.82, 2.24) is 9.62 Å². The Bertz CT molecular complexity index is 1050. The van der Waals surface area contributed by atoms with E-state index in [4.69, 9.17) is 11.6 Å². The second-order valence-corrected chi connectivity index (χ2v) is 10.3. The van der Waals surface area contributed by atoms with Gasteiger partial charge in [-0.25, -0.2) is 13.1 Å². The van der Waals surface area contributed by atoms with Crippen LogP contribution in [0.15, 0.2) is 65.4 Å². The summed E-state index contributed by atoms with van der Waals surface area (Å²) in [5.41, 5.74) is 4.59. The summed E-state index contributed by atoms with van der Waals surface area (Å²) >= 11 is 7.53. The molecule has 3 aromatic rings. The summed E-state index contributed by atoms with van der Waals surface area (Å²) in [6.07, 6.45) is 0.980. The van der Waals surface area contributed by atoms with Gasteiger partial charge in [0.05, 0.1) is 5.75 Å². The van der Waals surface area contributed by atoms with Crippen molar-refractivity contribution in [3.05, 3.63) is 92.6 Å². The average Bonchev–Trinajstić information content (AvgIpc) is 3.24. The normalized spacial score (nSPS) is 15.8. The summed E-state index contributed by atoms with van der Waals surface area (Å²) in [4.78, 5) is 2.37. The first-order valence-electron chi connectivity index (χ1n) is 9.55. The number of fused-ring (bicyclic) bond motifs is 1. The number of halogens is 1. The molecular weight excluding hydrogens is 424 g/mol. The summed E-state index contributed by atoms with van der Waals surface area (Å²) in [5, 5.41) is 4.75. The van der Waals surface area contributed by atoms with Gasteiger partial charge in [0, 0.05) is 30.7 Å². The molecule has 152 valence electrons. The van der Waals surface area contributed by atoms with Gasteiger partial charge in [-0.15, -0.1) is 0 Å². The Balaban J connectivity index is 1.48. The van der Waals surface area contributed by atoms with Gasteiger partial charge in [-0.2, -0.15) is 11.3 Å². The lowest BCUT2D eigenvalue weighted by atomic mass is 9.97. The first-order valence-corrected chi connectivity index (χ1v) is 12.5. The van der Waals surface area contributed by atoms with Gasteiger partial charge in [-0.05, 0) is 57.6 Å². The molecule has 0 amide bonds. The fourth-order valence-corrected chi connectivity index (χ4v) is 5.74. The van der Waals surface area contributed by atoms with Crippen LogP contribution in [0.25, 0.3) is 0 Å². The first-order chi connectivity index (χ1) is 14.0. The second kappa shape index (κ2) is 8.98. The lowest BCUT2D eigenvalue weighted by Crippen LogP contribution is -2.40. The van der Waals surface area contributed by atoms with E-state index >= 15 is 0 Å². The summed E-state index contributed by atoms with van der Waals surface area (Å²) < 4.78 is 28.2. The highest BCUT2D eigenvalue weighted by Gasteiger charge is 2.26. The van der Waals surface area contributed by atoms with Crippen LogP contribution in [0.2, 0.25) is 5.02 Å². The smallest absolute Gasteiger partial charge is 0.215 e. The molecule has 0 fully saturated rings. The molecule has 4 rings (SSSR count). The Kier molecular flexibility index (Phi) is 6.37. The van der Waals surface area contributed by atoms with E-state index in [1.54, 1.807) is 35.6 Å². The lowest BCUT2D eigenvalue weighted by molar-refractivity contribution is 0.180. The van der Waals surface area contributed by atoms with Crippen LogP contribution in [-0.2, 0) is 28.7 Å². The highest BCUT2D eigenvalue weighted by atomic mass is 35.5. The van der Waals surface area contributed by atoms with Crippen molar-refractivity contribution in [3.63, 3.8) is 0 Å². The SMILES string of the molecule is O=S(=O)(Cc1ccc(Cl)cc1)NC[C@@H](c1ccsc1)N1CCc2ccccc2C1. The van der Waals surface area contributed by atoms with E-state index in [2.05, 4.69) is 45.3 Å². The molecule has 1 aromatic heterocycles. The maximum atomic E-state index is 12.7. The minimum absolute atomic E-state index is 0.00889. The first kappa shape index (κ1) is 20.6. The van der Waals surface area contributed by atoms with Crippen LogP contribution in [0.4, 0.5) is 0 Å². The predicted molar refractivity (Wildman–Crippen MR) is 120 cm³/mol.